The number of benzene rings is 1. The van der Waals surface area contributed by atoms with Crippen LogP contribution >= 0.6 is 0 Å². The molecule has 0 saturated carbocycles. The summed E-state index contributed by atoms with van der Waals surface area (Å²) in [6.07, 6.45) is 0. The normalized spacial score (nSPS) is 15.4. The molecule has 96 valence electrons. The highest BCUT2D eigenvalue weighted by atomic mass is 16.5. The largest absolute Gasteiger partial charge is 0.490 e. The quantitative estimate of drug-likeness (QED) is 0.624. The van der Waals surface area contributed by atoms with Gasteiger partial charge in [-0.2, -0.15) is 0 Å². The summed E-state index contributed by atoms with van der Waals surface area (Å²) in [5, 5.41) is 0. The number of nitrogens with zero attached hydrogens (tertiary/aromatic N) is 2. The van der Waals surface area contributed by atoms with Gasteiger partial charge in [-0.25, -0.2) is 4.79 Å². The van der Waals surface area contributed by atoms with E-state index in [9.17, 15) is 9.59 Å². The Bertz CT molecular complexity index is 475. The monoisotopic (exact) mass is 249 g/mol. The topological polar surface area (TPSA) is 75.9 Å². The maximum Gasteiger partial charge on any atom is 0.327 e. The van der Waals surface area contributed by atoms with Crippen LogP contribution in [0.1, 0.15) is 0 Å². The van der Waals surface area contributed by atoms with Crippen LogP contribution in [0.5, 0.6) is 5.75 Å². The first-order chi connectivity index (χ1) is 8.59. The summed E-state index contributed by atoms with van der Waals surface area (Å²) >= 11 is 0. The number of nitrogen functional groups attached to an aromatic ring is 1. The van der Waals surface area contributed by atoms with E-state index in [-0.39, 0.29) is 31.6 Å². The van der Waals surface area contributed by atoms with Gasteiger partial charge in [-0.05, 0) is 12.1 Å². The van der Waals surface area contributed by atoms with Crippen LogP contribution in [0.4, 0.5) is 10.5 Å². The average molecular weight is 249 g/mol. The lowest BCUT2D eigenvalue weighted by molar-refractivity contribution is -0.125. The fraction of sp³-hybridized carbons (Fsp3) is 0.333. The van der Waals surface area contributed by atoms with E-state index in [1.165, 1.54) is 9.80 Å². The minimum atomic E-state index is -0.287. The molecule has 1 aromatic carbocycles. The highest BCUT2D eigenvalue weighted by Crippen LogP contribution is 2.19. The van der Waals surface area contributed by atoms with Crippen LogP contribution in [0.15, 0.2) is 24.3 Å². The van der Waals surface area contributed by atoms with Crippen LogP contribution in [0.2, 0.25) is 0 Å². The van der Waals surface area contributed by atoms with Crippen LogP contribution < -0.4 is 10.5 Å². The summed E-state index contributed by atoms with van der Waals surface area (Å²) in [6, 6.07) is 6.81. The van der Waals surface area contributed by atoms with Crippen molar-refractivity contribution in [2.45, 2.75) is 0 Å². The maximum absolute atomic E-state index is 11.6. The standard InChI is InChI=1S/C12H15N3O3/c1-14-8-11(16)15(12(14)17)6-7-18-10-5-3-2-4-9(10)13/h2-5H,6-8,13H2,1H3. The van der Waals surface area contributed by atoms with Gasteiger partial charge in [0.15, 0.2) is 0 Å². The molecule has 1 heterocycles. The lowest BCUT2D eigenvalue weighted by Crippen LogP contribution is -2.35. The maximum atomic E-state index is 11.6. The van der Waals surface area contributed by atoms with Crippen LogP contribution in [0, 0.1) is 0 Å². The number of carbonyl (C=O) groups excluding carboxylic acids is 2. The lowest BCUT2D eigenvalue weighted by Gasteiger charge is -2.15. The molecule has 3 amide bonds. The van der Waals surface area contributed by atoms with Crippen molar-refractivity contribution in [3.05, 3.63) is 24.3 Å². The second kappa shape index (κ2) is 4.95. The number of carbonyl (C=O) groups is 2. The fourth-order valence-corrected chi connectivity index (χ4v) is 1.75. The molecule has 2 rings (SSSR count). The Morgan fingerprint density at radius 3 is 2.67 bits per heavy atom. The summed E-state index contributed by atoms with van der Waals surface area (Å²) in [7, 11) is 1.59. The molecular weight excluding hydrogens is 234 g/mol. The summed E-state index contributed by atoms with van der Waals surface area (Å²) in [5.74, 6) is 0.358. The molecule has 0 bridgehead atoms. The number of hydrogen-bond acceptors (Lipinski definition) is 4. The molecule has 6 nitrogen and oxygen atoms in total. The molecule has 1 fully saturated rings. The van der Waals surface area contributed by atoms with Crippen LogP contribution in [-0.4, -0.2) is 48.5 Å². The van der Waals surface area contributed by atoms with Gasteiger partial charge in [0.25, 0.3) is 0 Å². The zero-order valence-electron chi connectivity index (χ0n) is 10.1. The number of para-hydroxylation sites is 2. The first-order valence-corrected chi connectivity index (χ1v) is 5.62. The average Bonchev–Trinajstić information content (AvgIpc) is 2.58. The van der Waals surface area contributed by atoms with Gasteiger partial charge in [0.2, 0.25) is 5.91 Å². The van der Waals surface area contributed by atoms with Crippen molar-refractivity contribution in [1.82, 2.24) is 9.80 Å². The highest BCUT2D eigenvalue weighted by molar-refractivity contribution is 6.01. The van der Waals surface area contributed by atoms with Crippen molar-refractivity contribution >= 4 is 17.6 Å². The van der Waals surface area contributed by atoms with E-state index in [0.29, 0.717) is 11.4 Å². The van der Waals surface area contributed by atoms with E-state index in [0.717, 1.165) is 0 Å². The third kappa shape index (κ3) is 2.37. The molecule has 0 radical (unpaired) electrons. The van der Waals surface area contributed by atoms with Gasteiger partial charge in [-0.15, -0.1) is 0 Å². The van der Waals surface area contributed by atoms with E-state index in [1.807, 2.05) is 12.1 Å². The van der Waals surface area contributed by atoms with Crippen molar-refractivity contribution in [3.63, 3.8) is 0 Å². The molecule has 0 unspecified atom stereocenters. The Morgan fingerprint density at radius 1 is 1.33 bits per heavy atom. The molecule has 0 aliphatic carbocycles. The molecule has 0 spiro atoms. The van der Waals surface area contributed by atoms with Crippen LogP contribution in [0.3, 0.4) is 0 Å². The van der Waals surface area contributed by atoms with Crippen molar-refractivity contribution in [2.75, 3.05) is 32.5 Å². The van der Waals surface area contributed by atoms with Crippen molar-refractivity contribution in [3.8, 4) is 5.75 Å². The van der Waals surface area contributed by atoms with Gasteiger partial charge in [0, 0.05) is 7.05 Å². The van der Waals surface area contributed by atoms with Crippen molar-refractivity contribution in [1.29, 1.82) is 0 Å². The third-order valence-corrected chi connectivity index (χ3v) is 2.72. The van der Waals surface area contributed by atoms with Gasteiger partial charge < -0.3 is 15.4 Å². The number of hydrogen-bond donors (Lipinski definition) is 1. The molecule has 1 aliphatic heterocycles. The Balaban J connectivity index is 1.88. The number of anilines is 1. The van der Waals surface area contributed by atoms with E-state index in [2.05, 4.69) is 0 Å². The summed E-state index contributed by atoms with van der Waals surface area (Å²) in [6.45, 7) is 0.599. The predicted octanol–water partition coefficient (Wildman–Crippen LogP) is 0.542. The minimum Gasteiger partial charge on any atom is -0.490 e. The van der Waals surface area contributed by atoms with Gasteiger partial charge in [-0.1, -0.05) is 12.1 Å². The minimum absolute atomic E-state index is 0.131. The van der Waals surface area contributed by atoms with Gasteiger partial charge in [0.05, 0.1) is 12.2 Å². The summed E-state index contributed by atoms with van der Waals surface area (Å²) < 4.78 is 5.44. The van der Waals surface area contributed by atoms with Gasteiger partial charge >= 0.3 is 6.03 Å². The predicted molar refractivity (Wildman–Crippen MR) is 66.1 cm³/mol. The molecule has 1 aliphatic rings. The van der Waals surface area contributed by atoms with Gasteiger partial charge in [0.1, 0.15) is 18.9 Å². The van der Waals surface area contributed by atoms with Crippen LogP contribution in [-0.2, 0) is 4.79 Å². The van der Waals surface area contributed by atoms with Crippen LogP contribution in [0.25, 0.3) is 0 Å². The van der Waals surface area contributed by atoms with E-state index >= 15 is 0 Å². The summed E-state index contributed by atoms with van der Waals surface area (Å²) in [5.41, 5.74) is 6.25. The Morgan fingerprint density at radius 2 is 2.06 bits per heavy atom. The molecule has 0 atom stereocenters. The highest BCUT2D eigenvalue weighted by Gasteiger charge is 2.32. The smallest absolute Gasteiger partial charge is 0.327 e. The van der Waals surface area contributed by atoms with Gasteiger partial charge in [-0.3, -0.25) is 9.69 Å². The fourth-order valence-electron chi connectivity index (χ4n) is 1.75. The Labute approximate surface area is 105 Å². The van der Waals surface area contributed by atoms with E-state index in [1.54, 1.807) is 19.2 Å². The molecule has 6 heteroatoms. The first-order valence-electron chi connectivity index (χ1n) is 5.62. The second-order valence-corrected chi connectivity index (χ2v) is 4.07. The number of amides is 3. The SMILES string of the molecule is CN1CC(=O)N(CCOc2ccccc2N)C1=O. The first kappa shape index (κ1) is 12.2. The zero-order valence-corrected chi connectivity index (χ0v) is 10.1. The van der Waals surface area contributed by atoms with E-state index in [4.69, 9.17) is 10.5 Å². The Hall–Kier alpha value is -2.24. The molecule has 2 N–H and O–H groups in total. The number of ether oxygens (including phenoxy) is 1. The second-order valence-electron chi connectivity index (χ2n) is 4.07. The number of likely N-dealkylation sites (N-methyl/N-ethyl adjacent to an activating group) is 1. The van der Waals surface area contributed by atoms with Crippen molar-refractivity contribution < 1.29 is 14.3 Å². The zero-order chi connectivity index (χ0) is 13.1. The van der Waals surface area contributed by atoms with Crippen molar-refractivity contribution in [2.24, 2.45) is 0 Å². The molecular formula is C12H15N3O3. The Kier molecular flexibility index (Phi) is 3.36. The molecule has 1 saturated heterocycles. The number of rotatable bonds is 4. The lowest BCUT2D eigenvalue weighted by atomic mass is 10.3. The molecule has 0 aromatic heterocycles. The number of urea groups is 1. The molecule has 1 aromatic rings. The number of imide groups is 1. The third-order valence-electron chi connectivity index (χ3n) is 2.72. The number of nitrogens with two attached hydrogens (primary N) is 1. The van der Waals surface area contributed by atoms with E-state index < -0.39 is 0 Å². The summed E-state index contributed by atoms with van der Waals surface area (Å²) in [4.78, 5) is 25.6. The molecule has 18 heavy (non-hydrogen) atoms.